The second kappa shape index (κ2) is 3.94. The number of aliphatic carboxylic acids is 1. The van der Waals surface area contributed by atoms with Crippen molar-refractivity contribution in [2.75, 3.05) is 0 Å². The molecule has 1 heterocycles. The summed E-state index contributed by atoms with van der Waals surface area (Å²) in [6.07, 6.45) is 1.88. The van der Waals surface area contributed by atoms with Gasteiger partial charge in [-0.05, 0) is 24.6 Å². The maximum absolute atomic E-state index is 11.0. The number of carboxylic acids is 1. The summed E-state index contributed by atoms with van der Waals surface area (Å²) < 4.78 is 2.95. The molecular formula is C12H12BrNO2. The Morgan fingerprint density at radius 1 is 1.50 bits per heavy atom. The van der Waals surface area contributed by atoms with Gasteiger partial charge in [0, 0.05) is 28.6 Å². The normalized spacial score (nSPS) is 12.9. The molecule has 2 aromatic rings. The molecule has 0 spiro atoms. The zero-order valence-corrected chi connectivity index (χ0v) is 10.7. The Morgan fingerprint density at radius 2 is 2.19 bits per heavy atom. The molecule has 1 N–H and O–H groups in total. The predicted molar refractivity (Wildman–Crippen MR) is 66.7 cm³/mol. The Kier molecular flexibility index (Phi) is 2.76. The first kappa shape index (κ1) is 11.2. The second-order valence-electron chi connectivity index (χ2n) is 3.92. The molecule has 1 unspecified atom stereocenters. The summed E-state index contributed by atoms with van der Waals surface area (Å²) in [5.41, 5.74) is 1.90. The van der Waals surface area contributed by atoms with Gasteiger partial charge in [0.15, 0.2) is 0 Å². The molecule has 0 aliphatic rings. The molecule has 3 nitrogen and oxygen atoms in total. The number of benzene rings is 1. The standard InChI is InChI=1S/C12H12BrNO2/c1-7(12(15)16)10-6-14(2)11-5-8(13)3-4-9(10)11/h3-7H,1-2H3,(H,15,16). The zero-order chi connectivity index (χ0) is 11.9. The van der Waals surface area contributed by atoms with Crippen molar-refractivity contribution in [2.45, 2.75) is 12.8 Å². The highest BCUT2D eigenvalue weighted by Gasteiger charge is 2.18. The number of nitrogens with zero attached hydrogens (tertiary/aromatic N) is 1. The summed E-state index contributed by atoms with van der Waals surface area (Å²) >= 11 is 3.41. The maximum Gasteiger partial charge on any atom is 0.310 e. The van der Waals surface area contributed by atoms with Crippen LogP contribution in [0.4, 0.5) is 0 Å². The van der Waals surface area contributed by atoms with E-state index >= 15 is 0 Å². The Bertz CT molecular complexity index is 559. The van der Waals surface area contributed by atoms with Crippen molar-refractivity contribution >= 4 is 32.8 Å². The quantitative estimate of drug-likeness (QED) is 0.919. The van der Waals surface area contributed by atoms with Crippen molar-refractivity contribution < 1.29 is 9.90 Å². The Hall–Kier alpha value is -1.29. The molecule has 0 saturated carbocycles. The van der Waals surface area contributed by atoms with E-state index in [-0.39, 0.29) is 0 Å². The van der Waals surface area contributed by atoms with Crippen molar-refractivity contribution in [1.82, 2.24) is 4.57 Å². The van der Waals surface area contributed by atoms with Gasteiger partial charge in [-0.3, -0.25) is 4.79 Å². The molecule has 1 aromatic carbocycles. The minimum atomic E-state index is -0.796. The number of rotatable bonds is 2. The number of hydrogen-bond donors (Lipinski definition) is 1. The SMILES string of the molecule is CC(C(=O)O)c1cn(C)c2cc(Br)ccc12. The molecule has 0 aliphatic carbocycles. The number of carbonyl (C=O) groups is 1. The smallest absolute Gasteiger partial charge is 0.310 e. The van der Waals surface area contributed by atoms with E-state index in [1.54, 1.807) is 6.92 Å². The Balaban J connectivity index is 2.68. The van der Waals surface area contributed by atoms with Crippen LogP contribution >= 0.6 is 15.9 Å². The first-order chi connectivity index (χ1) is 7.50. The highest BCUT2D eigenvalue weighted by molar-refractivity contribution is 9.10. The molecule has 0 fully saturated rings. The van der Waals surface area contributed by atoms with E-state index in [1.807, 2.05) is 36.0 Å². The molecular weight excluding hydrogens is 270 g/mol. The predicted octanol–water partition coefficient (Wildman–Crippen LogP) is 3.13. The van der Waals surface area contributed by atoms with Crippen LogP contribution in [0.5, 0.6) is 0 Å². The summed E-state index contributed by atoms with van der Waals surface area (Å²) in [6, 6.07) is 5.88. The third-order valence-corrected chi connectivity index (χ3v) is 3.31. The van der Waals surface area contributed by atoms with Gasteiger partial charge < -0.3 is 9.67 Å². The highest BCUT2D eigenvalue weighted by Crippen LogP contribution is 2.29. The van der Waals surface area contributed by atoms with Crippen molar-refractivity contribution in [3.05, 3.63) is 34.4 Å². The van der Waals surface area contributed by atoms with Crippen LogP contribution in [0.3, 0.4) is 0 Å². The van der Waals surface area contributed by atoms with Gasteiger partial charge in [-0.25, -0.2) is 0 Å². The molecule has 16 heavy (non-hydrogen) atoms. The number of aryl methyl sites for hydroxylation is 1. The van der Waals surface area contributed by atoms with Gasteiger partial charge in [-0.2, -0.15) is 0 Å². The summed E-state index contributed by atoms with van der Waals surface area (Å²) in [6.45, 7) is 1.71. The molecule has 4 heteroatoms. The van der Waals surface area contributed by atoms with Crippen LogP contribution in [-0.2, 0) is 11.8 Å². The summed E-state index contributed by atoms with van der Waals surface area (Å²) in [5.74, 6) is -1.28. The van der Waals surface area contributed by atoms with Crippen LogP contribution in [0.2, 0.25) is 0 Å². The fourth-order valence-corrected chi connectivity index (χ4v) is 2.22. The molecule has 1 aromatic heterocycles. The molecule has 0 aliphatic heterocycles. The van der Waals surface area contributed by atoms with Crippen LogP contribution < -0.4 is 0 Å². The van der Waals surface area contributed by atoms with Gasteiger partial charge in [0.25, 0.3) is 0 Å². The van der Waals surface area contributed by atoms with Crippen LogP contribution in [-0.4, -0.2) is 15.6 Å². The number of fused-ring (bicyclic) bond motifs is 1. The van der Waals surface area contributed by atoms with Gasteiger partial charge in [0.05, 0.1) is 5.92 Å². The van der Waals surface area contributed by atoms with Crippen LogP contribution in [0.25, 0.3) is 10.9 Å². The van der Waals surface area contributed by atoms with Crippen molar-refractivity contribution in [3.63, 3.8) is 0 Å². The second-order valence-corrected chi connectivity index (χ2v) is 4.83. The lowest BCUT2D eigenvalue weighted by molar-refractivity contribution is -0.138. The summed E-state index contributed by atoms with van der Waals surface area (Å²) in [7, 11) is 1.92. The monoisotopic (exact) mass is 281 g/mol. The Labute approximate surface area is 102 Å². The zero-order valence-electron chi connectivity index (χ0n) is 9.07. The maximum atomic E-state index is 11.0. The minimum absolute atomic E-state index is 0.482. The minimum Gasteiger partial charge on any atom is -0.481 e. The molecule has 1 atom stereocenters. The number of aromatic nitrogens is 1. The van der Waals surface area contributed by atoms with Crippen molar-refractivity contribution in [2.24, 2.45) is 7.05 Å². The first-order valence-electron chi connectivity index (χ1n) is 4.98. The van der Waals surface area contributed by atoms with E-state index in [2.05, 4.69) is 15.9 Å². The van der Waals surface area contributed by atoms with Gasteiger partial charge in [0.1, 0.15) is 0 Å². The molecule has 0 bridgehead atoms. The highest BCUT2D eigenvalue weighted by atomic mass is 79.9. The van der Waals surface area contributed by atoms with E-state index in [0.717, 1.165) is 20.9 Å². The lowest BCUT2D eigenvalue weighted by atomic mass is 10.0. The van der Waals surface area contributed by atoms with Crippen LogP contribution in [0.15, 0.2) is 28.9 Å². The number of carboxylic acid groups (broad SMARTS) is 1. The number of halogens is 1. The topological polar surface area (TPSA) is 42.2 Å². The lowest BCUT2D eigenvalue weighted by Crippen LogP contribution is -2.06. The van der Waals surface area contributed by atoms with Crippen LogP contribution in [0.1, 0.15) is 18.4 Å². The third kappa shape index (κ3) is 1.73. The first-order valence-corrected chi connectivity index (χ1v) is 5.77. The van der Waals surface area contributed by atoms with E-state index < -0.39 is 11.9 Å². The fourth-order valence-electron chi connectivity index (χ4n) is 1.87. The van der Waals surface area contributed by atoms with E-state index in [4.69, 9.17) is 5.11 Å². The molecule has 0 radical (unpaired) electrons. The average molecular weight is 282 g/mol. The summed E-state index contributed by atoms with van der Waals surface area (Å²) in [5, 5.41) is 10.0. The van der Waals surface area contributed by atoms with Crippen molar-refractivity contribution in [3.8, 4) is 0 Å². The van der Waals surface area contributed by atoms with Gasteiger partial charge >= 0.3 is 5.97 Å². The molecule has 84 valence electrons. The van der Waals surface area contributed by atoms with Crippen molar-refractivity contribution in [1.29, 1.82) is 0 Å². The third-order valence-electron chi connectivity index (χ3n) is 2.82. The average Bonchev–Trinajstić information content (AvgIpc) is 2.55. The van der Waals surface area contributed by atoms with E-state index in [1.165, 1.54) is 0 Å². The molecule has 0 amide bonds. The molecule has 0 saturated heterocycles. The lowest BCUT2D eigenvalue weighted by Gasteiger charge is -2.03. The van der Waals surface area contributed by atoms with Gasteiger partial charge in [0.2, 0.25) is 0 Å². The summed E-state index contributed by atoms with van der Waals surface area (Å²) in [4.78, 5) is 11.0. The van der Waals surface area contributed by atoms with E-state index in [9.17, 15) is 4.79 Å². The largest absolute Gasteiger partial charge is 0.481 e. The van der Waals surface area contributed by atoms with Gasteiger partial charge in [-0.1, -0.05) is 22.0 Å². The Morgan fingerprint density at radius 3 is 2.81 bits per heavy atom. The number of hydrogen-bond acceptors (Lipinski definition) is 1. The fraction of sp³-hybridized carbons (Fsp3) is 0.250. The van der Waals surface area contributed by atoms with Gasteiger partial charge in [-0.15, -0.1) is 0 Å². The molecule has 2 rings (SSSR count). The van der Waals surface area contributed by atoms with E-state index in [0.29, 0.717) is 0 Å². The van der Waals surface area contributed by atoms with Crippen LogP contribution in [0, 0.1) is 0 Å².